The van der Waals surface area contributed by atoms with E-state index in [2.05, 4.69) is 24.3 Å². The average molecular weight is 281 g/mol. The first-order chi connectivity index (χ1) is 10.3. The molecule has 1 N–H and O–H groups in total. The first-order valence-corrected chi connectivity index (χ1v) is 7.26. The first-order valence-electron chi connectivity index (χ1n) is 7.26. The third-order valence-electron chi connectivity index (χ3n) is 3.97. The molecule has 0 spiro atoms. The molecule has 0 saturated heterocycles. The summed E-state index contributed by atoms with van der Waals surface area (Å²) in [5.41, 5.74) is 3.39. The zero-order valence-electron chi connectivity index (χ0n) is 12.1. The second-order valence-electron chi connectivity index (χ2n) is 5.31. The van der Waals surface area contributed by atoms with Crippen LogP contribution in [0.3, 0.4) is 0 Å². The van der Waals surface area contributed by atoms with Gasteiger partial charge < -0.3 is 9.84 Å². The fourth-order valence-electron chi connectivity index (χ4n) is 2.82. The molecule has 21 heavy (non-hydrogen) atoms. The number of nitrogens with zero attached hydrogens (tertiary/aromatic N) is 1. The second-order valence-corrected chi connectivity index (χ2v) is 5.31. The summed E-state index contributed by atoms with van der Waals surface area (Å²) in [6.45, 7) is 0. The normalized spacial score (nSPS) is 17.7. The van der Waals surface area contributed by atoms with Crippen LogP contribution in [-0.2, 0) is 6.42 Å². The number of ether oxygens (including phenoxy) is 1. The highest BCUT2D eigenvalue weighted by atomic mass is 16.5. The van der Waals surface area contributed by atoms with Gasteiger partial charge in [-0.15, -0.1) is 0 Å². The van der Waals surface area contributed by atoms with Crippen molar-refractivity contribution in [3.63, 3.8) is 0 Å². The van der Waals surface area contributed by atoms with E-state index in [9.17, 15) is 5.11 Å². The molecule has 0 saturated carbocycles. The van der Waals surface area contributed by atoms with E-state index in [1.807, 2.05) is 0 Å². The zero-order chi connectivity index (χ0) is 14.7. The number of hydrogen-bond donors (Lipinski definition) is 1. The lowest BCUT2D eigenvalue weighted by Crippen LogP contribution is -2.08. The van der Waals surface area contributed by atoms with Gasteiger partial charge in [0.25, 0.3) is 0 Å². The molecule has 0 fully saturated rings. The van der Waals surface area contributed by atoms with Gasteiger partial charge in [-0.05, 0) is 48.6 Å². The summed E-state index contributed by atoms with van der Waals surface area (Å²) >= 11 is 0. The number of aliphatic imine (C=N–C) groups is 1. The summed E-state index contributed by atoms with van der Waals surface area (Å²) in [5, 5.41) is 9.91. The molecule has 0 radical (unpaired) electrons. The molecule has 3 nitrogen and oxygen atoms in total. The van der Waals surface area contributed by atoms with Crippen molar-refractivity contribution < 1.29 is 9.84 Å². The molecule has 1 atom stereocenters. The molecule has 0 unspecified atom stereocenters. The van der Waals surface area contributed by atoms with E-state index in [1.165, 1.54) is 11.1 Å². The Morgan fingerprint density at radius 3 is 2.95 bits per heavy atom. The Morgan fingerprint density at radius 1 is 1.24 bits per heavy atom. The van der Waals surface area contributed by atoms with Crippen LogP contribution >= 0.6 is 0 Å². The largest absolute Gasteiger partial charge is 0.507 e. The molecule has 0 heterocycles. The highest BCUT2D eigenvalue weighted by Gasteiger charge is 2.18. The second kappa shape index (κ2) is 6.00. The molecule has 3 heteroatoms. The van der Waals surface area contributed by atoms with E-state index in [0.717, 1.165) is 25.0 Å². The molecular weight excluding hydrogens is 262 g/mol. The van der Waals surface area contributed by atoms with Gasteiger partial charge in [-0.1, -0.05) is 24.3 Å². The monoisotopic (exact) mass is 281 g/mol. The third kappa shape index (κ3) is 2.92. The predicted octanol–water partition coefficient (Wildman–Crippen LogP) is 3.90. The Kier molecular flexibility index (Phi) is 3.91. The van der Waals surface area contributed by atoms with Crippen LogP contribution in [0.5, 0.6) is 11.5 Å². The van der Waals surface area contributed by atoms with E-state index in [4.69, 9.17) is 9.73 Å². The van der Waals surface area contributed by atoms with Crippen molar-refractivity contribution in [2.45, 2.75) is 25.3 Å². The minimum Gasteiger partial charge on any atom is -0.507 e. The minimum absolute atomic E-state index is 0.181. The van der Waals surface area contributed by atoms with Crippen molar-refractivity contribution in [2.24, 2.45) is 4.99 Å². The number of aryl methyl sites for hydroxylation is 1. The lowest BCUT2D eigenvalue weighted by molar-refractivity contribution is 0.412. The highest BCUT2D eigenvalue weighted by Crippen LogP contribution is 2.32. The SMILES string of the molecule is COc1ccc(O)c(C=N[C@H]2CCCc3ccccc32)c1. The molecule has 1 aliphatic rings. The van der Waals surface area contributed by atoms with Crippen LogP contribution in [0.15, 0.2) is 47.5 Å². The van der Waals surface area contributed by atoms with E-state index in [-0.39, 0.29) is 11.8 Å². The van der Waals surface area contributed by atoms with Gasteiger partial charge in [0.2, 0.25) is 0 Å². The Morgan fingerprint density at radius 2 is 2.10 bits per heavy atom. The quantitative estimate of drug-likeness (QED) is 0.867. The van der Waals surface area contributed by atoms with Gasteiger partial charge in [0, 0.05) is 11.8 Å². The molecule has 1 aliphatic carbocycles. The highest BCUT2D eigenvalue weighted by molar-refractivity contribution is 5.84. The Hall–Kier alpha value is -2.29. The topological polar surface area (TPSA) is 41.8 Å². The van der Waals surface area contributed by atoms with Crippen LogP contribution in [0, 0.1) is 0 Å². The first kappa shape index (κ1) is 13.7. The molecule has 0 aromatic heterocycles. The molecule has 0 bridgehead atoms. The maximum absolute atomic E-state index is 9.91. The number of phenolic OH excluding ortho intramolecular Hbond substituents is 1. The molecule has 108 valence electrons. The van der Waals surface area contributed by atoms with Crippen LogP contribution in [-0.4, -0.2) is 18.4 Å². The predicted molar refractivity (Wildman–Crippen MR) is 84.4 cm³/mol. The third-order valence-corrected chi connectivity index (χ3v) is 3.97. The molecule has 0 aliphatic heterocycles. The number of fused-ring (bicyclic) bond motifs is 1. The minimum atomic E-state index is 0.181. The van der Waals surface area contributed by atoms with Gasteiger partial charge in [0.05, 0.1) is 13.2 Å². The smallest absolute Gasteiger partial charge is 0.124 e. The van der Waals surface area contributed by atoms with Crippen molar-refractivity contribution in [3.8, 4) is 11.5 Å². The molecule has 2 aromatic rings. The number of aromatic hydroxyl groups is 1. The molecule has 2 aromatic carbocycles. The van der Waals surface area contributed by atoms with Gasteiger partial charge >= 0.3 is 0 Å². The van der Waals surface area contributed by atoms with E-state index in [0.29, 0.717) is 5.56 Å². The number of benzene rings is 2. The van der Waals surface area contributed by atoms with Gasteiger partial charge in [0.1, 0.15) is 11.5 Å². The summed E-state index contributed by atoms with van der Waals surface area (Å²) < 4.78 is 5.19. The van der Waals surface area contributed by atoms with Crippen LogP contribution in [0.25, 0.3) is 0 Å². The van der Waals surface area contributed by atoms with E-state index in [1.54, 1.807) is 31.5 Å². The van der Waals surface area contributed by atoms with E-state index >= 15 is 0 Å². The summed E-state index contributed by atoms with van der Waals surface area (Å²) in [7, 11) is 1.62. The number of rotatable bonds is 3. The van der Waals surface area contributed by atoms with Crippen molar-refractivity contribution in [3.05, 3.63) is 59.2 Å². The Bertz CT molecular complexity index is 664. The Labute approximate surface area is 124 Å². The molecular formula is C18H19NO2. The van der Waals surface area contributed by atoms with Crippen molar-refractivity contribution >= 4 is 6.21 Å². The van der Waals surface area contributed by atoms with Gasteiger partial charge in [-0.3, -0.25) is 4.99 Å². The summed E-state index contributed by atoms with van der Waals surface area (Å²) in [5.74, 6) is 0.946. The summed E-state index contributed by atoms with van der Waals surface area (Å²) in [4.78, 5) is 4.69. The molecule has 0 amide bonds. The lowest BCUT2D eigenvalue weighted by Gasteiger charge is -2.22. The van der Waals surface area contributed by atoms with Crippen LogP contribution in [0.1, 0.15) is 35.6 Å². The fraction of sp³-hybridized carbons (Fsp3) is 0.278. The zero-order valence-corrected chi connectivity index (χ0v) is 12.1. The fourth-order valence-corrected chi connectivity index (χ4v) is 2.82. The van der Waals surface area contributed by atoms with Crippen LogP contribution < -0.4 is 4.74 Å². The van der Waals surface area contributed by atoms with Crippen molar-refractivity contribution in [2.75, 3.05) is 7.11 Å². The standard InChI is InChI=1S/C18H19NO2/c1-21-15-9-10-18(20)14(11-15)12-19-17-8-4-6-13-5-2-3-7-16(13)17/h2-3,5,7,9-12,17,20H,4,6,8H2,1H3/t17-/m0/s1. The molecule has 3 rings (SSSR count). The lowest BCUT2D eigenvalue weighted by atomic mass is 9.88. The maximum Gasteiger partial charge on any atom is 0.124 e. The van der Waals surface area contributed by atoms with E-state index < -0.39 is 0 Å². The number of hydrogen-bond acceptors (Lipinski definition) is 3. The number of phenols is 1. The average Bonchev–Trinajstić information content (AvgIpc) is 2.54. The Balaban J connectivity index is 1.87. The maximum atomic E-state index is 9.91. The summed E-state index contributed by atoms with van der Waals surface area (Å²) in [6.07, 6.45) is 5.10. The van der Waals surface area contributed by atoms with Gasteiger partial charge in [0.15, 0.2) is 0 Å². The van der Waals surface area contributed by atoms with Gasteiger partial charge in [-0.25, -0.2) is 0 Å². The van der Waals surface area contributed by atoms with Crippen molar-refractivity contribution in [1.29, 1.82) is 0 Å². The van der Waals surface area contributed by atoms with Crippen molar-refractivity contribution in [1.82, 2.24) is 0 Å². The summed E-state index contributed by atoms with van der Waals surface area (Å²) in [6, 6.07) is 13.8. The van der Waals surface area contributed by atoms with Crippen LogP contribution in [0.4, 0.5) is 0 Å². The number of methoxy groups -OCH3 is 1. The van der Waals surface area contributed by atoms with Crippen LogP contribution in [0.2, 0.25) is 0 Å². The van der Waals surface area contributed by atoms with Gasteiger partial charge in [-0.2, -0.15) is 0 Å².